The molecule has 0 saturated carbocycles. The summed E-state index contributed by atoms with van der Waals surface area (Å²) in [5.41, 5.74) is 6.98. The Morgan fingerprint density at radius 3 is 2.44 bits per heavy atom. The lowest BCUT2D eigenvalue weighted by molar-refractivity contribution is 0.702. The van der Waals surface area contributed by atoms with Gasteiger partial charge in [0, 0.05) is 12.2 Å². The Kier molecular flexibility index (Phi) is 5.59. The fourth-order valence-corrected chi connectivity index (χ4v) is 2.71. The van der Waals surface area contributed by atoms with Crippen LogP contribution in [0, 0.1) is 5.92 Å². The van der Waals surface area contributed by atoms with Gasteiger partial charge >= 0.3 is 0 Å². The first-order chi connectivity index (χ1) is 7.54. The van der Waals surface area contributed by atoms with Gasteiger partial charge in [0.2, 0.25) is 0 Å². The van der Waals surface area contributed by atoms with Crippen LogP contribution in [0.2, 0.25) is 10.0 Å². The Morgan fingerprint density at radius 1 is 1.38 bits per heavy atom. The van der Waals surface area contributed by atoms with E-state index in [1.807, 2.05) is 11.8 Å². The second kappa shape index (κ2) is 6.48. The molecule has 0 radical (unpaired) electrons. The molecule has 0 spiro atoms. The van der Waals surface area contributed by atoms with Crippen LogP contribution in [-0.4, -0.2) is 18.6 Å². The van der Waals surface area contributed by atoms with Crippen LogP contribution in [0.5, 0.6) is 0 Å². The molecule has 1 aromatic carbocycles. The molecule has 0 aliphatic heterocycles. The molecular weight excluding hydrogens is 263 g/mol. The van der Waals surface area contributed by atoms with Gasteiger partial charge in [-0.1, -0.05) is 30.1 Å². The van der Waals surface area contributed by atoms with Gasteiger partial charge in [-0.3, -0.25) is 0 Å². The molecule has 0 aromatic heterocycles. The predicted molar refractivity (Wildman–Crippen MR) is 76.9 cm³/mol. The average molecular weight is 279 g/mol. The number of nitrogens with one attached hydrogen (secondary N) is 1. The first-order valence-corrected chi connectivity index (χ1v) is 7.17. The molecule has 0 saturated heterocycles. The summed E-state index contributed by atoms with van der Waals surface area (Å²) in [6.07, 6.45) is 2.10. The quantitative estimate of drug-likeness (QED) is 0.800. The Hall–Kier alpha value is -0.250. The minimum Gasteiger partial charge on any atom is -0.399 e. The summed E-state index contributed by atoms with van der Waals surface area (Å²) in [5, 5.41) is 4.40. The molecule has 3 N–H and O–H groups in total. The van der Waals surface area contributed by atoms with E-state index in [-0.39, 0.29) is 0 Å². The minimum atomic E-state index is 0.569. The number of rotatable bonds is 5. The van der Waals surface area contributed by atoms with Crippen molar-refractivity contribution in [3.05, 3.63) is 22.2 Å². The van der Waals surface area contributed by atoms with E-state index in [0.29, 0.717) is 21.7 Å². The van der Waals surface area contributed by atoms with Crippen LogP contribution in [0.25, 0.3) is 0 Å². The SMILES string of the molecule is CSCC(C)CNc1c(Cl)cc(N)cc1Cl. The number of hydrogen-bond acceptors (Lipinski definition) is 3. The van der Waals surface area contributed by atoms with Crippen molar-refractivity contribution < 1.29 is 0 Å². The van der Waals surface area contributed by atoms with E-state index in [0.717, 1.165) is 18.0 Å². The molecule has 1 unspecified atom stereocenters. The van der Waals surface area contributed by atoms with Crippen molar-refractivity contribution in [2.45, 2.75) is 6.92 Å². The van der Waals surface area contributed by atoms with Gasteiger partial charge in [-0.25, -0.2) is 0 Å². The summed E-state index contributed by atoms with van der Waals surface area (Å²) in [4.78, 5) is 0. The third-order valence-corrected chi connectivity index (χ3v) is 3.64. The molecule has 0 amide bonds. The minimum absolute atomic E-state index is 0.569. The highest BCUT2D eigenvalue weighted by Gasteiger charge is 2.08. The first-order valence-electron chi connectivity index (χ1n) is 5.02. The van der Waals surface area contributed by atoms with E-state index >= 15 is 0 Å². The molecule has 1 rings (SSSR count). The first kappa shape index (κ1) is 13.8. The lowest BCUT2D eigenvalue weighted by Gasteiger charge is -2.15. The zero-order valence-corrected chi connectivity index (χ0v) is 11.7. The maximum absolute atomic E-state index is 6.06. The third kappa shape index (κ3) is 3.96. The Morgan fingerprint density at radius 2 is 1.94 bits per heavy atom. The maximum atomic E-state index is 6.06. The number of benzene rings is 1. The lowest BCUT2D eigenvalue weighted by Crippen LogP contribution is -2.13. The molecule has 1 atom stereocenters. The predicted octanol–water partition coefficient (Wildman–Crippen LogP) is 3.99. The molecular formula is C11H16Cl2N2S. The molecule has 16 heavy (non-hydrogen) atoms. The maximum Gasteiger partial charge on any atom is 0.0720 e. The van der Waals surface area contributed by atoms with Crippen molar-refractivity contribution in [2.75, 3.05) is 29.6 Å². The second-order valence-corrected chi connectivity index (χ2v) is 5.53. The van der Waals surface area contributed by atoms with Crippen molar-refractivity contribution >= 4 is 46.3 Å². The molecule has 0 fully saturated rings. The van der Waals surface area contributed by atoms with Gasteiger partial charge < -0.3 is 11.1 Å². The number of nitrogens with two attached hydrogens (primary N) is 1. The van der Waals surface area contributed by atoms with Crippen molar-refractivity contribution in [2.24, 2.45) is 5.92 Å². The van der Waals surface area contributed by atoms with E-state index in [9.17, 15) is 0 Å². The van der Waals surface area contributed by atoms with Crippen LogP contribution in [0.1, 0.15) is 6.92 Å². The van der Waals surface area contributed by atoms with Gasteiger partial charge in [0.15, 0.2) is 0 Å². The molecule has 5 heteroatoms. The highest BCUT2D eigenvalue weighted by atomic mass is 35.5. The second-order valence-electron chi connectivity index (χ2n) is 3.80. The number of hydrogen-bond donors (Lipinski definition) is 2. The van der Waals surface area contributed by atoms with Crippen LogP contribution in [-0.2, 0) is 0 Å². The number of nitrogen functional groups attached to an aromatic ring is 1. The Labute approximate surface area is 111 Å². The average Bonchev–Trinajstić information content (AvgIpc) is 2.16. The van der Waals surface area contributed by atoms with E-state index in [1.165, 1.54) is 0 Å². The van der Waals surface area contributed by atoms with Crippen molar-refractivity contribution in [1.82, 2.24) is 0 Å². The summed E-state index contributed by atoms with van der Waals surface area (Å²) in [6, 6.07) is 3.41. The molecule has 0 bridgehead atoms. The highest BCUT2D eigenvalue weighted by Crippen LogP contribution is 2.32. The van der Waals surface area contributed by atoms with Gasteiger partial charge in [0.25, 0.3) is 0 Å². The molecule has 90 valence electrons. The molecule has 0 heterocycles. The van der Waals surface area contributed by atoms with E-state index in [2.05, 4.69) is 18.5 Å². The van der Waals surface area contributed by atoms with Crippen molar-refractivity contribution in [1.29, 1.82) is 0 Å². The van der Waals surface area contributed by atoms with Crippen LogP contribution in [0.15, 0.2) is 12.1 Å². The third-order valence-electron chi connectivity index (χ3n) is 2.14. The van der Waals surface area contributed by atoms with Crippen LogP contribution in [0.4, 0.5) is 11.4 Å². The largest absolute Gasteiger partial charge is 0.399 e. The standard InChI is InChI=1S/C11H16Cl2N2S/c1-7(6-16-2)5-15-11-9(12)3-8(14)4-10(11)13/h3-4,7,15H,5-6,14H2,1-2H3. The molecule has 0 aliphatic carbocycles. The molecule has 2 nitrogen and oxygen atoms in total. The number of thioether (sulfide) groups is 1. The van der Waals surface area contributed by atoms with Crippen LogP contribution >= 0.6 is 35.0 Å². The number of halogens is 2. The summed E-state index contributed by atoms with van der Waals surface area (Å²) >= 11 is 14.0. The van der Waals surface area contributed by atoms with Crippen LogP contribution < -0.4 is 11.1 Å². The van der Waals surface area contributed by atoms with Crippen molar-refractivity contribution in [3.8, 4) is 0 Å². The zero-order chi connectivity index (χ0) is 12.1. The summed E-state index contributed by atoms with van der Waals surface area (Å²) in [5.74, 6) is 1.68. The van der Waals surface area contributed by atoms with Crippen molar-refractivity contribution in [3.63, 3.8) is 0 Å². The van der Waals surface area contributed by atoms with Gasteiger partial charge in [0.05, 0.1) is 15.7 Å². The highest BCUT2D eigenvalue weighted by molar-refractivity contribution is 7.98. The van der Waals surface area contributed by atoms with E-state index in [4.69, 9.17) is 28.9 Å². The number of anilines is 2. The van der Waals surface area contributed by atoms with Gasteiger partial charge in [0.1, 0.15) is 0 Å². The summed E-state index contributed by atoms with van der Waals surface area (Å²) < 4.78 is 0. The van der Waals surface area contributed by atoms with Gasteiger partial charge in [-0.15, -0.1) is 0 Å². The van der Waals surface area contributed by atoms with Gasteiger partial charge in [-0.2, -0.15) is 11.8 Å². The van der Waals surface area contributed by atoms with Crippen LogP contribution in [0.3, 0.4) is 0 Å². The smallest absolute Gasteiger partial charge is 0.0720 e. The topological polar surface area (TPSA) is 38.0 Å². The zero-order valence-electron chi connectivity index (χ0n) is 9.39. The molecule has 1 aromatic rings. The normalized spacial score (nSPS) is 12.5. The van der Waals surface area contributed by atoms with E-state index < -0.39 is 0 Å². The molecule has 0 aliphatic rings. The monoisotopic (exact) mass is 278 g/mol. The van der Waals surface area contributed by atoms with Gasteiger partial charge in [-0.05, 0) is 30.1 Å². The Balaban J connectivity index is 2.67. The fraction of sp³-hybridized carbons (Fsp3) is 0.455. The Bertz CT molecular complexity index is 335. The fourth-order valence-electron chi connectivity index (χ4n) is 1.38. The summed E-state index contributed by atoms with van der Waals surface area (Å²) in [7, 11) is 0. The summed E-state index contributed by atoms with van der Waals surface area (Å²) in [6.45, 7) is 3.03. The lowest BCUT2D eigenvalue weighted by atomic mass is 10.2. The van der Waals surface area contributed by atoms with E-state index in [1.54, 1.807) is 12.1 Å².